The van der Waals surface area contributed by atoms with Crippen molar-refractivity contribution in [2.45, 2.75) is 4.90 Å². The Morgan fingerprint density at radius 2 is 1.90 bits per heavy atom. The Bertz CT molecular complexity index is 772. The molecule has 0 saturated heterocycles. The number of anilines is 1. The van der Waals surface area contributed by atoms with E-state index in [9.17, 15) is 13.2 Å². The summed E-state index contributed by atoms with van der Waals surface area (Å²) in [7, 11) is -2.03. The molecule has 0 aliphatic carbocycles. The second-order valence-electron chi connectivity index (χ2n) is 4.28. The van der Waals surface area contributed by atoms with Crippen LogP contribution in [0.15, 0.2) is 47.5 Å². The zero-order valence-electron chi connectivity index (χ0n) is 11.5. The van der Waals surface area contributed by atoms with Crippen molar-refractivity contribution in [2.75, 3.05) is 18.7 Å². The number of methoxy groups -OCH3 is 1. The van der Waals surface area contributed by atoms with Crippen molar-refractivity contribution in [3.8, 4) is 5.88 Å². The molecule has 0 atom stereocenters. The SMILES string of the molecule is COc1ncccc1C(=O)Nc1ccccc1S(C)(=O)=O. The molecular weight excluding hydrogens is 292 g/mol. The molecule has 2 aromatic rings. The average molecular weight is 306 g/mol. The molecule has 0 bridgehead atoms. The maximum atomic E-state index is 12.2. The fraction of sp³-hybridized carbons (Fsp3) is 0.143. The molecule has 110 valence electrons. The first-order valence-electron chi connectivity index (χ1n) is 6.03. The zero-order valence-corrected chi connectivity index (χ0v) is 12.3. The van der Waals surface area contributed by atoms with Gasteiger partial charge in [0.25, 0.3) is 5.91 Å². The largest absolute Gasteiger partial charge is 0.480 e. The van der Waals surface area contributed by atoms with Gasteiger partial charge >= 0.3 is 0 Å². The van der Waals surface area contributed by atoms with Crippen LogP contribution in [0, 0.1) is 0 Å². The maximum Gasteiger partial charge on any atom is 0.261 e. The van der Waals surface area contributed by atoms with Crippen LogP contribution in [0.2, 0.25) is 0 Å². The van der Waals surface area contributed by atoms with Gasteiger partial charge in [0.2, 0.25) is 5.88 Å². The summed E-state index contributed by atoms with van der Waals surface area (Å²) in [4.78, 5) is 16.2. The van der Waals surface area contributed by atoms with Crippen LogP contribution in [0.25, 0.3) is 0 Å². The topological polar surface area (TPSA) is 85.4 Å². The summed E-state index contributed by atoms with van der Waals surface area (Å²) in [6.07, 6.45) is 2.59. The number of hydrogen-bond donors (Lipinski definition) is 1. The van der Waals surface area contributed by atoms with Crippen LogP contribution in [-0.4, -0.2) is 32.7 Å². The van der Waals surface area contributed by atoms with Gasteiger partial charge in [0.15, 0.2) is 9.84 Å². The lowest BCUT2D eigenvalue weighted by molar-refractivity contribution is 0.102. The summed E-state index contributed by atoms with van der Waals surface area (Å²) in [5.74, 6) is -0.317. The summed E-state index contributed by atoms with van der Waals surface area (Å²) in [6.45, 7) is 0. The highest BCUT2D eigenvalue weighted by atomic mass is 32.2. The van der Waals surface area contributed by atoms with E-state index in [1.165, 1.54) is 25.4 Å². The number of amides is 1. The van der Waals surface area contributed by atoms with Crippen molar-refractivity contribution in [2.24, 2.45) is 0 Å². The first-order chi connectivity index (χ1) is 9.93. The normalized spacial score (nSPS) is 11.0. The first kappa shape index (κ1) is 15.0. The molecule has 7 heteroatoms. The second-order valence-corrected chi connectivity index (χ2v) is 6.27. The number of nitrogens with one attached hydrogen (secondary N) is 1. The Balaban J connectivity index is 2.37. The number of ether oxygens (including phenoxy) is 1. The van der Waals surface area contributed by atoms with Crippen molar-refractivity contribution in [1.82, 2.24) is 4.98 Å². The third-order valence-corrected chi connectivity index (χ3v) is 3.90. The minimum absolute atomic E-state index is 0.0567. The second kappa shape index (κ2) is 5.92. The molecule has 1 amide bonds. The predicted octanol–water partition coefficient (Wildman–Crippen LogP) is 1.75. The van der Waals surface area contributed by atoms with Crippen LogP contribution in [0.3, 0.4) is 0 Å². The quantitative estimate of drug-likeness (QED) is 0.930. The molecular formula is C14H14N2O4S. The molecule has 0 spiro atoms. The summed E-state index contributed by atoms with van der Waals surface area (Å²) >= 11 is 0. The predicted molar refractivity (Wildman–Crippen MR) is 78.3 cm³/mol. The standard InChI is InChI=1S/C14H14N2O4S/c1-20-14-10(6-5-9-15-14)13(17)16-11-7-3-4-8-12(11)21(2,18)19/h3-9H,1-2H3,(H,16,17). The van der Waals surface area contributed by atoms with E-state index in [-0.39, 0.29) is 22.0 Å². The van der Waals surface area contributed by atoms with Crippen LogP contribution >= 0.6 is 0 Å². The van der Waals surface area contributed by atoms with Gasteiger partial charge in [0, 0.05) is 12.5 Å². The third kappa shape index (κ3) is 3.38. The van der Waals surface area contributed by atoms with Crippen molar-refractivity contribution in [3.63, 3.8) is 0 Å². The van der Waals surface area contributed by atoms with Gasteiger partial charge in [0.05, 0.1) is 17.7 Å². The molecule has 2 rings (SSSR count). The van der Waals surface area contributed by atoms with Gasteiger partial charge in [-0.15, -0.1) is 0 Å². The summed E-state index contributed by atoms with van der Waals surface area (Å²) in [6, 6.07) is 9.34. The molecule has 0 saturated carbocycles. The number of aromatic nitrogens is 1. The van der Waals surface area contributed by atoms with E-state index < -0.39 is 15.7 Å². The average Bonchev–Trinajstić information content (AvgIpc) is 2.46. The number of benzene rings is 1. The van der Waals surface area contributed by atoms with Gasteiger partial charge < -0.3 is 10.1 Å². The molecule has 0 radical (unpaired) electrons. The molecule has 1 aromatic carbocycles. The number of nitrogens with zero attached hydrogens (tertiary/aromatic N) is 1. The number of hydrogen-bond acceptors (Lipinski definition) is 5. The van der Waals surface area contributed by atoms with E-state index in [1.54, 1.807) is 24.3 Å². The van der Waals surface area contributed by atoms with E-state index in [0.29, 0.717) is 0 Å². The Morgan fingerprint density at radius 3 is 2.57 bits per heavy atom. The minimum atomic E-state index is -3.44. The highest BCUT2D eigenvalue weighted by molar-refractivity contribution is 7.90. The Labute approximate surface area is 122 Å². The zero-order chi connectivity index (χ0) is 15.5. The highest BCUT2D eigenvalue weighted by Crippen LogP contribution is 2.22. The maximum absolute atomic E-state index is 12.2. The molecule has 6 nitrogen and oxygen atoms in total. The highest BCUT2D eigenvalue weighted by Gasteiger charge is 2.17. The number of rotatable bonds is 4. The van der Waals surface area contributed by atoms with Gasteiger partial charge in [-0.05, 0) is 24.3 Å². The van der Waals surface area contributed by atoms with Crippen LogP contribution < -0.4 is 10.1 Å². The van der Waals surface area contributed by atoms with E-state index >= 15 is 0 Å². The Morgan fingerprint density at radius 1 is 1.19 bits per heavy atom. The molecule has 0 aliphatic rings. The lowest BCUT2D eigenvalue weighted by atomic mass is 10.2. The molecule has 1 N–H and O–H groups in total. The van der Waals surface area contributed by atoms with E-state index in [4.69, 9.17) is 4.74 Å². The van der Waals surface area contributed by atoms with Crippen LogP contribution in [-0.2, 0) is 9.84 Å². The van der Waals surface area contributed by atoms with E-state index in [0.717, 1.165) is 6.26 Å². The number of sulfone groups is 1. The number of para-hydroxylation sites is 1. The van der Waals surface area contributed by atoms with Crippen LogP contribution in [0.5, 0.6) is 5.88 Å². The molecule has 0 aliphatic heterocycles. The summed E-state index contributed by atoms with van der Waals surface area (Å²) < 4.78 is 28.4. The fourth-order valence-electron chi connectivity index (χ4n) is 1.81. The van der Waals surface area contributed by atoms with Gasteiger partial charge in [-0.25, -0.2) is 13.4 Å². The molecule has 0 fully saturated rings. The van der Waals surface area contributed by atoms with Crippen molar-refractivity contribution in [3.05, 3.63) is 48.2 Å². The van der Waals surface area contributed by atoms with Crippen molar-refractivity contribution in [1.29, 1.82) is 0 Å². The van der Waals surface area contributed by atoms with Gasteiger partial charge in [-0.3, -0.25) is 4.79 Å². The van der Waals surface area contributed by atoms with Crippen molar-refractivity contribution >= 4 is 21.4 Å². The molecule has 1 heterocycles. The van der Waals surface area contributed by atoms with Crippen LogP contribution in [0.4, 0.5) is 5.69 Å². The molecule has 21 heavy (non-hydrogen) atoms. The lowest BCUT2D eigenvalue weighted by Crippen LogP contribution is -2.15. The number of carbonyl (C=O) groups excluding carboxylic acids is 1. The summed E-state index contributed by atoms with van der Waals surface area (Å²) in [5, 5.41) is 2.57. The smallest absolute Gasteiger partial charge is 0.261 e. The van der Waals surface area contributed by atoms with E-state index in [1.807, 2.05) is 0 Å². The van der Waals surface area contributed by atoms with Crippen molar-refractivity contribution < 1.29 is 17.9 Å². The van der Waals surface area contributed by atoms with Crippen LogP contribution in [0.1, 0.15) is 10.4 Å². The monoisotopic (exact) mass is 306 g/mol. The fourth-order valence-corrected chi connectivity index (χ4v) is 2.65. The van der Waals surface area contributed by atoms with Gasteiger partial charge in [-0.1, -0.05) is 12.1 Å². The van der Waals surface area contributed by atoms with Gasteiger partial charge in [0.1, 0.15) is 5.56 Å². The molecule has 1 aromatic heterocycles. The minimum Gasteiger partial charge on any atom is -0.480 e. The van der Waals surface area contributed by atoms with Gasteiger partial charge in [-0.2, -0.15) is 0 Å². The van der Waals surface area contributed by atoms with E-state index in [2.05, 4.69) is 10.3 Å². The first-order valence-corrected chi connectivity index (χ1v) is 7.92. The number of carbonyl (C=O) groups is 1. The Kier molecular flexibility index (Phi) is 4.23. The summed E-state index contributed by atoms with van der Waals surface area (Å²) in [5.41, 5.74) is 0.444. The Hall–Kier alpha value is -2.41. The third-order valence-electron chi connectivity index (χ3n) is 2.74. The molecule has 0 unspecified atom stereocenters. The number of pyridine rings is 1. The lowest BCUT2D eigenvalue weighted by Gasteiger charge is -2.11.